The second kappa shape index (κ2) is 8.82. The summed E-state index contributed by atoms with van der Waals surface area (Å²) in [5.74, 6) is 1.09. The molecule has 3 heterocycles. The van der Waals surface area contributed by atoms with Crippen molar-refractivity contribution in [2.75, 3.05) is 50.7 Å². The van der Waals surface area contributed by atoms with E-state index in [0.717, 1.165) is 51.5 Å². The summed E-state index contributed by atoms with van der Waals surface area (Å²) in [7, 11) is 0. The highest BCUT2D eigenvalue weighted by atomic mass is 16.2. The second-order valence-electron chi connectivity index (χ2n) is 6.90. The van der Waals surface area contributed by atoms with Crippen LogP contribution >= 0.6 is 0 Å². The summed E-state index contributed by atoms with van der Waals surface area (Å²) in [6, 6.07) is 7.62. The van der Waals surface area contributed by atoms with Crippen molar-refractivity contribution in [2.45, 2.75) is 32.1 Å². The van der Waals surface area contributed by atoms with Crippen LogP contribution in [0.2, 0.25) is 0 Å². The van der Waals surface area contributed by atoms with Crippen LogP contribution < -0.4 is 4.90 Å². The van der Waals surface area contributed by atoms with Crippen LogP contribution in [-0.2, 0) is 4.79 Å². The molecule has 1 aromatic heterocycles. The molecular formula is C19H27N5O. The molecule has 0 aliphatic carbocycles. The molecule has 1 aromatic rings. The average molecular weight is 341 g/mol. The van der Waals surface area contributed by atoms with E-state index in [2.05, 4.69) is 20.9 Å². The van der Waals surface area contributed by atoms with Gasteiger partial charge in [-0.1, -0.05) is 18.9 Å². The first kappa shape index (κ1) is 17.7. The lowest BCUT2D eigenvalue weighted by molar-refractivity contribution is -0.132. The van der Waals surface area contributed by atoms with Gasteiger partial charge in [-0.2, -0.15) is 5.26 Å². The number of anilines is 1. The molecule has 0 aromatic carbocycles. The van der Waals surface area contributed by atoms with Crippen molar-refractivity contribution in [1.29, 1.82) is 5.26 Å². The average Bonchev–Trinajstić information content (AvgIpc) is 3.04. The maximum Gasteiger partial charge on any atom is 0.236 e. The summed E-state index contributed by atoms with van der Waals surface area (Å²) < 4.78 is 0. The Morgan fingerprint density at radius 3 is 2.56 bits per heavy atom. The van der Waals surface area contributed by atoms with Gasteiger partial charge in [-0.25, -0.2) is 4.98 Å². The van der Waals surface area contributed by atoms with Crippen LogP contribution in [-0.4, -0.2) is 66.5 Å². The van der Waals surface area contributed by atoms with Gasteiger partial charge in [0.05, 0.1) is 6.54 Å². The number of rotatable bonds is 3. The van der Waals surface area contributed by atoms with Crippen molar-refractivity contribution in [3.63, 3.8) is 0 Å². The Kier molecular flexibility index (Phi) is 6.24. The molecule has 0 radical (unpaired) electrons. The van der Waals surface area contributed by atoms with Crippen molar-refractivity contribution in [3.05, 3.63) is 23.9 Å². The van der Waals surface area contributed by atoms with Crippen molar-refractivity contribution in [1.82, 2.24) is 14.8 Å². The number of carbonyl (C=O) groups excluding carboxylic acids is 1. The number of likely N-dealkylation sites (tertiary alicyclic amines) is 1. The molecule has 6 heteroatoms. The van der Waals surface area contributed by atoms with Crippen molar-refractivity contribution < 1.29 is 4.79 Å². The summed E-state index contributed by atoms with van der Waals surface area (Å²) >= 11 is 0. The molecule has 0 N–H and O–H groups in total. The van der Waals surface area contributed by atoms with Gasteiger partial charge >= 0.3 is 0 Å². The minimum absolute atomic E-state index is 0.252. The van der Waals surface area contributed by atoms with E-state index in [1.54, 1.807) is 6.07 Å². The van der Waals surface area contributed by atoms with Crippen LogP contribution in [0.5, 0.6) is 0 Å². The molecule has 0 atom stereocenters. The van der Waals surface area contributed by atoms with E-state index in [4.69, 9.17) is 5.26 Å². The van der Waals surface area contributed by atoms with Crippen molar-refractivity contribution >= 4 is 11.7 Å². The van der Waals surface area contributed by atoms with Crippen LogP contribution in [0.25, 0.3) is 0 Å². The number of nitrogens with zero attached hydrogens (tertiary/aromatic N) is 5. The predicted octanol–water partition coefficient (Wildman–Crippen LogP) is 1.87. The number of hydrogen-bond donors (Lipinski definition) is 0. The zero-order valence-corrected chi connectivity index (χ0v) is 14.9. The summed E-state index contributed by atoms with van der Waals surface area (Å²) in [6.45, 7) is 5.84. The second-order valence-corrected chi connectivity index (χ2v) is 6.90. The Labute approximate surface area is 150 Å². The zero-order chi connectivity index (χ0) is 17.5. The fraction of sp³-hybridized carbons (Fsp3) is 0.632. The van der Waals surface area contributed by atoms with Gasteiger partial charge < -0.3 is 9.80 Å². The molecule has 0 bridgehead atoms. The van der Waals surface area contributed by atoms with Gasteiger partial charge in [0.15, 0.2) is 0 Å². The third-order valence-electron chi connectivity index (χ3n) is 5.08. The van der Waals surface area contributed by atoms with Crippen LogP contribution in [0.4, 0.5) is 5.82 Å². The Morgan fingerprint density at radius 2 is 1.80 bits per heavy atom. The topological polar surface area (TPSA) is 63.5 Å². The zero-order valence-electron chi connectivity index (χ0n) is 14.9. The molecule has 2 aliphatic heterocycles. The van der Waals surface area contributed by atoms with Crippen molar-refractivity contribution in [2.24, 2.45) is 0 Å². The molecule has 6 nitrogen and oxygen atoms in total. The van der Waals surface area contributed by atoms with Gasteiger partial charge in [0.25, 0.3) is 0 Å². The predicted molar refractivity (Wildman–Crippen MR) is 97.3 cm³/mol. The highest BCUT2D eigenvalue weighted by Crippen LogP contribution is 2.15. The molecular weight excluding hydrogens is 314 g/mol. The molecule has 0 spiro atoms. The van der Waals surface area contributed by atoms with E-state index in [1.165, 1.54) is 25.7 Å². The normalized spacial score (nSPS) is 19.8. The molecule has 2 fully saturated rings. The fourth-order valence-electron chi connectivity index (χ4n) is 3.64. The lowest BCUT2D eigenvalue weighted by atomic mass is 10.2. The lowest BCUT2D eigenvalue weighted by Crippen LogP contribution is -2.42. The molecule has 2 saturated heterocycles. The summed E-state index contributed by atoms with van der Waals surface area (Å²) in [4.78, 5) is 23.6. The van der Waals surface area contributed by atoms with Crippen LogP contribution in [0.15, 0.2) is 18.2 Å². The van der Waals surface area contributed by atoms with Crippen LogP contribution in [0.1, 0.15) is 37.8 Å². The van der Waals surface area contributed by atoms with Gasteiger partial charge in [0.1, 0.15) is 17.6 Å². The van der Waals surface area contributed by atoms with Crippen LogP contribution in [0, 0.1) is 11.3 Å². The Bertz CT molecular complexity index is 618. The highest BCUT2D eigenvalue weighted by Gasteiger charge is 2.22. The quantitative estimate of drug-likeness (QED) is 0.840. The molecule has 134 valence electrons. The van der Waals surface area contributed by atoms with E-state index in [-0.39, 0.29) is 5.91 Å². The first-order valence-corrected chi connectivity index (χ1v) is 9.38. The SMILES string of the molecule is N#Cc1cccc(N2CCCN(C(=O)CN3CCCCCC3)CC2)n1. The summed E-state index contributed by atoms with van der Waals surface area (Å²) in [6.07, 6.45) is 5.93. The molecule has 25 heavy (non-hydrogen) atoms. The third-order valence-corrected chi connectivity index (χ3v) is 5.08. The van der Waals surface area contributed by atoms with Gasteiger partial charge in [-0.15, -0.1) is 0 Å². The maximum absolute atomic E-state index is 12.7. The summed E-state index contributed by atoms with van der Waals surface area (Å²) in [5, 5.41) is 9.02. The first-order chi connectivity index (χ1) is 12.3. The molecule has 1 amide bonds. The molecule has 0 unspecified atom stereocenters. The number of aromatic nitrogens is 1. The van der Waals surface area contributed by atoms with Crippen molar-refractivity contribution in [3.8, 4) is 6.07 Å². The lowest BCUT2D eigenvalue weighted by Gasteiger charge is -2.26. The van der Waals surface area contributed by atoms with Gasteiger partial charge in [0.2, 0.25) is 5.91 Å². The van der Waals surface area contributed by atoms with Gasteiger partial charge in [-0.05, 0) is 44.5 Å². The molecule has 0 saturated carbocycles. The van der Waals surface area contributed by atoms with E-state index in [9.17, 15) is 4.79 Å². The maximum atomic E-state index is 12.7. The van der Waals surface area contributed by atoms with E-state index in [1.807, 2.05) is 17.0 Å². The standard InChI is InChI=1S/C19H27N5O/c20-15-17-7-5-8-18(21-17)23-11-6-12-24(14-13-23)19(25)16-22-9-3-1-2-4-10-22/h5,7-8H,1-4,6,9-14,16H2. The first-order valence-electron chi connectivity index (χ1n) is 9.38. The third kappa shape index (κ3) is 4.93. The smallest absolute Gasteiger partial charge is 0.236 e. The number of amides is 1. The minimum atomic E-state index is 0.252. The number of nitriles is 1. The number of hydrogen-bond acceptors (Lipinski definition) is 5. The monoisotopic (exact) mass is 341 g/mol. The summed E-state index contributed by atoms with van der Waals surface area (Å²) in [5.41, 5.74) is 0.441. The van der Waals surface area contributed by atoms with Crippen LogP contribution in [0.3, 0.4) is 0 Å². The molecule has 3 rings (SSSR count). The highest BCUT2D eigenvalue weighted by molar-refractivity contribution is 5.78. The Balaban J connectivity index is 1.55. The van der Waals surface area contributed by atoms with E-state index >= 15 is 0 Å². The van der Waals surface area contributed by atoms with E-state index < -0.39 is 0 Å². The Hall–Kier alpha value is -2.13. The van der Waals surface area contributed by atoms with E-state index in [0.29, 0.717) is 12.2 Å². The number of carbonyl (C=O) groups is 1. The fourth-order valence-corrected chi connectivity index (χ4v) is 3.64. The van der Waals surface area contributed by atoms with Gasteiger partial charge in [0, 0.05) is 26.2 Å². The Morgan fingerprint density at radius 1 is 1.00 bits per heavy atom. The number of pyridine rings is 1. The van der Waals surface area contributed by atoms with Gasteiger partial charge in [-0.3, -0.25) is 9.69 Å². The minimum Gasteiger partial charge on any atom is -0.355 e. The molecule has 2 aliphatic rings. The largest absolute Gasteiger partial charge is 0.355 e.